The number of nitrogens with zero attached hydrogens (tertiary/aromatic N) is 2. The zero-order valence-corrected chi connectivity index (χ0v) is 12.2. The third-order valence-corrected chi connectivity index (χ3v) is 3.48. The summed E-state index contributed by atoms with van der Waals surface area (Å²) in [6.07, 6.45) is 0.978. The van der Waals surface area contributed by atoms with Crippen molar-refractivity contribution in [3.05, 3.63) is 52.8 Å². The van der Waals surface area contributed by atoms with Crippen LogP contribution in [0.2, 0.25) is 0 Å². The van der Waals surface area contributed by atoms with Gasteiger partial charge in [-0.3, -0.25) is 4.68 Å². The molecular formula is C15H20ClN3. The summed E-state index contributed by atoms with van der Waals surface area (Å²) in [6, 6.07) is 10.5. The van der Waals surface area contributed by atoms with Gasteiger partial charge in [-0.2, -0.15) is 5.10 Å². The monoisotopic (exact) mass is 277 g/mol. The topological polar surface area (TPSA) is 29.9 Å². The fourth-order valence-electron chi connectivity index (χ4n) is 2.07. The van der Waals surface area contributed by atoms with Crippen LogP contribution < -0.4 is 5.32 Å². The third-order valence-electron chi connectivity index (χ3n) is 3.17. The van der Waals surface area contributed by atoms with Gasteiger partial charge in [0, 0.05) is 26.0 Å². The van der Waals surface area contributed by atoms with Crippen molar-refractivity contribution in [2.75, 3.05) is 0 Å². The van der Waals surface area contributed by atoms with Crippen LogP contribution >= 0.6 is 11.6 Å². The number of hydrogen-bond donors (Lipinski definition) is 1. The molecule has 19 heavy (non-hydrogen) atoms. The van der Waals surface area contributed by atoms with Gasteiger partial charge in [0.15, 0.2) is 0 Å². The fourth-order valence-corrected chi connectivity index (χ4v) is 2.23. The van der Waals surface area contributed by atoms with Crippen molar-refractivity contribution in [2.45, 2.75) is 32.3 Å². The molecule has 0 fully saturated rings. The number of aryl methyl sites for hydroxylation is 2. The van der Waals surface area contributed by atoms with Crippen molar-refractivity contribution < 1.29 is 0 Å². The Balaban J connectivity index is 1.90. The van der Waals surface area contributed by atoms with E-state index in [0.717, 1.165) is 30.8 Å². The second-order valence-electron chi connectivity index (χ2n) is 4.66. The van der Waals surface area contributed by atoms with Crippen LogP contribution in [-0.2, 0) is 32.4 Å². The summed E-state index contributed by atoms with van der Waals surface area (Å²) in [5, 5.41) is 7.88. The van der Waals surface area contributed by atoms with Gasteiger partial charge in [-0.15, -0.1) is 11.6 Å². The number of hydrogen-bond acceptors (Lipinski definition) is 2. The van der Waals surface area contributed by atoms with Gasteiger partial charge in [0.05, 0.1) is 11.4 Å². The molecule has 0 saturated carbocycles. The summed E-state index contributed by atoms with van der Waals surface area (Å²) >= 11 is 5.84. The molecule has 102 valence electrons. The summed E-state index contributed by atoms with van der Waals surface area (Å²) in [4.78, 5) is 0. The molecule has 0 aliphatic heterocycles. The number of rotatable bonds is 6. The van der Waals surface area contributed by atoms with E-state index >= 15 is 0 Å². The van der Waals surface area contributed by atoms with E-state index in [9.17, 15) is 0 Å². The Morgan fingerprint density at radius 3 is 2.68 bits per heavy atom. The molecule has 0 saturated heterocycles. The smallest absolute Gasteiger partial charge is 0.0625 e. The summed E-state index contributed by atoms with van der Waals surface area (Å²) in [6.45, 7) is 3.79. The van der Waals surface area contributed by atoms with Gasteiger partial charge in [-0.25, -0.2) is 0 Å². The van der Waals surface area contributed by atoms with Crippen LogP contribution in [0, 0.1) is 0 Å². The van der Waals surface area contributed by atoms with Crippen LogP contribution in [0.3, 0.4) is 0 Å². The predicted octanol–water partition coefficient (Wildman–Crippen LogP) is 3.01. The number of alkyl halides is 1. The Labute approximate surface area is 119 Å². The van der Waals surface area contributed by atoms with Crippen molar-refractivity contribution in [3.8, 4) is 0 Å². The van der Waals surface area contributed by atoms with Crippen LogP contribution in [-0.4, -0.2) is 9.78 Å². The molecule has 1 aromatic heterocycles. The minimum Gasteiger partial charge on any atom is -0.307 e. The predicted molar refractivity (Wildman–Crippen MR) is 79.1 cm³/mol. The van der Waals surface area contributed by atoms with Gasteiger partial charge in [-0.1, -0.05) is 31.2 Å². The van der Waals surface area contributed by atoms with Gasteiger partial charge in [0.25, 0.3) is 0 Å². The van der Waals surface area contributed by atoms with Gasteiger partial charge < -0.3 is 5.32 Å². The van der Waals surface area contributed by atoms with E-state index in [2.05, 4.69) is 35.5 Å². The Bertz CT molecular complexity index is 534. The normalized spacial score (nSPS) is 10.9. The van der Waals surface area contributed by atoms with Crippen molar-refractivity contribution in [2.24, 2.45) is 7.05 Å². The lowest BCUT2D eigenvalue weighted by atomic mass is 10.1. The molecule has 0 atom stereocenters. The molecule has 0 unspecified atom stereocenters. The number of halogens is 1. The molecule has 2 aromatic rings. The molecule has 0 amide bonds. The van der Waals surface area contributed by atoms with E-state index in [1.54, 1.807) is 0 Å². The van der Waals surface area contributed by atoms with Crippen LogP contribution in [0.5, 0.6) is 0 Å². The number of nitrogens with one attached hydrogen (secondary N) is 1. The van der Waals surface area contributed by atoms with Crippen molar-refractivity contribution in [3.63, 3.8) is 0 Å². The average molecular weight is 278 g/mol. The first kappa shape index (κ1) is 14.1. The first-order valence-corrected chi connectivity index (χ1v) is 7.12. The maximum absolute atomic E-state index is 5.84. The Hall–Kier alpha value is -1.32. The molecular weight excluding hydrogens is 258 g/mol. The first-order valence-electron chi connectivity index (χ1n) is 6.59. The molecule has 1 aromatic carbocycles. The Morgan fingerprint density at radius 2 is 2.00 bits per heavy atom. The van der Waals surface area contributed by atoms with Gasteiger partial charge in [0.1, 0.15) is 0 Å². The highest BCUT2D eigenvalue weighted by atomic mass is 35.5. The van der Waals surface area contributed by atoms with Crippen molar-refractivity contribution in [1.82, 2.24) is 15.1 Å². The zero-order chi connectivity index (χ0) is 13.7. The average Bonchev–Trinajstić information content (AvgIpc) is 2.80. The van der Waals surface area contributed by atoms with Crippen LogP contribution in [0.15, 0.2) is 30.3 Å². The summed E-state index contributed by atoms with van der Waals surface area (Å²) in [5.41, 5.74) is 4.78. The van der Waals surface area contributed by atoms with Gasteiger partial charge in [-0.05, 0) is 23.6 Å². The maximum atomic E-state index is 5.84. The molecule has 2 rings (SSSR count). The van der Waals surface area contributed by atoms with E-state index in [0.29, 0.717) is 5.88 Å². The van der Waals surface area contributed by atoms with Gasteiger partial charge in [0.2, 0.25) is 0 Å². The highest BCUT2D eigenvalue weighted by Gasteiger charge is 2.03. The van der Waals surface area contributed by atoms with Gasteiger partial charge >= 0.3 is 0 Å². The Kier molecular flexibility index (Phi) is 5.00. The lowest BCUT2D eigenvalue weighted by molar-refractivity contribution is 0.623. The lowest BCUT2D eigenvalue weighted by Gasteiger charge is -2.06. The fraction of sp³-hybridized carbons (Fsp3) is 0.400. The highest BCUT2D eigenvalue weighted by molar-refractivity contribution is 6.17. The largest absolute Gasteiger partial charge is 0.307 e. The van der Waals surface area contributed by atoms with Crippen molar-refractivity contribution in [1.29, 1.82) is 0 Å². The van der Waals surface area contributed by atoms with Crippen LogP contribution in [0.4, 0.5) is 0 Å². The number of benzene rings is 1. The van der Waals surface area contributed by atoms with E-state index in [4.69, 9.17) is 11.6 Å². The summed E-state index contributed by atoms with van der Waals surface area (Å²) in [7, 11) is 1.99. The minimum absolute atomic E-state index is 0.565. The minimum atomic E-state index is 0.565. The van der Waals surface area contributed by atoms with E-state index in [1.165, 1.54) is 11.3 Å². The molecule has 0 bridgehead atoms. The van der Waals surface area contributed by atoms with E-state index in [1.807, 2.05) is 23.9 Å². The molecule has 0 radical (unpaired) electrons. The van der Waals surface area contributed by atoms with Crippen LogP contribution in [0.1, 0.15) is 29.4 Å². The highest BCUT2D eigenvalue weighted by Crippen LogP contribution is 2.08. The molecule has 3 nitrogen and oxygen atoms in total. The SMILES string of the molecule is CCc1cc(CNCc2cccc(CCl)c2)n(C)n1. The molecule has 0 aliphatic rings. The molecule has 0 aliphatic carbocycles. The summed E-state index contributed by atoms with van der Waals surface area (Å²) in [5.74, 6) is 0.565. The Morgan fingerprint density at radius 1 is 1.21 bits per heavy atom. The molecule has 0 spiro atoms. The van der Waals surface area contributed by atoms with E-state index < -0.39 is 0 Å². The lowest BCUT2D eigenvalue weighted by Crippen LogP contribution is -2.15. The standard InChI is InChI=1S/C15H20ClN3/c1-3-14-8-15(19(2)18-14)11-17-10-13-6-4-5-12(7-13)9-16/h4-8,17H,3,9-11H2,1-2H3. The molecule has 1 heterocycles. The third kappa shape index (κ3) is 3.82. The molecule has 1 N–H and O–H groups in total. The quantitative estimate of drug-likeness (QED) is 0.823. The summed E-state index contributed by atoms with van der Waals surface area (Å²) < 4.78 is 1.95. The number of aromatic nitrogens is 2. The van der Waals surface area contributed by atoms with E-state index in [-0.39, 0.29) is 0 Å². The second-order valence-corrected chi connectivity index (χ2v) is 4.93. The van der Waals surface area contributed by atoms with Crippen LogP contribution in [0.25, 0.3) is 0 Å². The maximum Gasteiger partial charge on any atom is 0.0625 e. The van der Waals surface area contributed by atoms with Crippen molar-refractivity contribution >= 4 is 11.6 Å². The second kappa shape index (κ2) is 6.73. The zero-order valence-electron chi connectivity index (χ0n) is 11.5. The molecule has 4 heteroatoms. The first-order chi connectivity index (χ1) is 9.22.